The standard InChI is InChI=1S/C17H12Cl2N4O2/c18-12-5-3-4-11(10-12)17(25)22-21-15(24)8-7-13-16(19)20-14-6-1-2-9-23(13)14/h1-10H,(H,21,24)(H,22,25)/b8-7+. The molecule has 0 bridgehead atoms. The lowest BCUT2D eigenvalue weighted by atomic mass is 10.2. The summed E-state index contributed by atoms with van der Waals surface area (Å²) in [5, 5.41) is 0.708. The van der Waals surface area contributed by atoms with E-state index in [1.807, 2.05) is 12.1 Å². The predicted octanol–water partition coefficient (Wildman–Crippen LogP) is 3.12. The molecule has 2 amide bonds. The van der Waals surface area contributed by atoms with Crippen LogP contribution in [-0.4, -0.2) is 21.2 Å². The molecule has 8 heteroatoms. The summed E-state index contributed by atoms with van der Waals surface area (Å²) in [6, 6.07) is 11.8. The van der Waals surface area contributed by atoms with Gasteiger partial charge in [-0.1, -0.05) is 35.3 Å². The van der Waals surface area contributed by atoms with Gasteiger partial charge in [0.05, 0.1) is 5.69 Å². The molecule has 0 saturated carbocycles. The number of nitrogens with one attached hydrogen (secondary N) is 2. The molecule has 126 valence electrons. The van der Waals surface area contributed by atoms with E-state index >= 15 is 0 Å². The van der Waals surface area contributed by atoms with Crippen LogP contribution in [0, 0.1) is 0 Å². The second-order valence-corrected chi connectivity index (χ2v) is 5.80. The molecule has 6 nitrogen and oxygen atoms in total. The minimum absolute atomic E-state index is 0.276. The molecule has 2 N–H and O–H groups in total. The molecule has 0 aliphatic carbocycles. The first-order valence-electron chi connectivity index (χ1n) is 7.21. The van der Waals surface area contributed by atoms with E-state index in [2.05, 4.69) is 15.8 Å². The Morgan fingerprint density at radius 2 is 1.92 bits per heavy atom. The van der Waals surface area contributed by atoms with E-state index in [0.29, 0.717) is 21.9 Å². The fourth-order valence-electron chi connectivity index (χ4n) is 2.15. The van der Waals surface area contributed by atoms with Gasteiger partial charge in [0.25, 0.3) is 11.8 Å². The summed E-state index contributed by atoms with van der Waals surface area (Å²) in [7, 11) is 0. The van der Waals surface area contributed by atoms with Gasteiger partial charge >= 0.3 is 0 Å². The molecule has 0 saturated heterocycles. The van der Waals surface area contributed by atoms with E-state index < -0.39 is 11.8 Å². The van der Waals surface area contributed by atoms with Crippen molar-refractivity contribution in [1.82, 2.24) is 20.2 Å². The van der Waals surface area contributed by atoms with Crippen LogP contribution in [0.25, 0.3) is 11.7 Å². The van der Waals surface area contributed by atoms with Crippen molar-refractivity contribution < 1.29 is 9.59 Å². The van der Waals surface area contributed by atoms with Crippen LogP contribution in [0.4, 0.5) is 0 Å². The normalized spacial score (nSPS) is 11.0. The molecule has 0 radical (unpaired) electrons. The van der Waals surface area contributed by atoms with E-state index in [1.54, 1.807) is 34.9 Å². The zero-order valence-corrected chi connectivity index (χ0v) is 14.3. The van der Waals surface area contributed by atoms with E-state index in [1.165, 1.54) is 18.2 Å². The summed E-state index contributed by atoms with van der Waals surface area (Å²) in [5.74, 6) is -0.991. The number of aromatic nitrogens is 2. The first-order chi connectivity index (χ1) is 12.0. The average molecular weight is 375 g/mol. The quantitative estimate of drug-likeness (QED) is 0.546. The van der Waals surface area contributed by atoms with Crippen LogP contribution >= 0.6 is 23.2 Å². The number of amides is 2. The molecule has 2 aromatic heterocycles. The van der Waals surface area contributed by atoms with Crippen molar-refractivity contribution in [2.45, 2.75) is 0 Å². The van der Waals surface area contributed by atoms with Crippen LogP contribution in [0.1, 0.15) is 16.1 Å². The number of benzene rings is 1. The highest BCUT2D eigenvalue weighted by Gasteiger charge is 2.08. The number of carbonyl (C=O) groups excluding carboxylic acids is 2. The Balaban J connectivity index is 1.65. The molecular weight excluding hydrogens is 363 g/mol. The number of hydrogen-bond donors (Lipinski definition) is 2. The number of fused-ring (bicyclic) bond motifs is 1. The Morgan fingerprint density at radius 1 is 1.08 bits per heavy atom. The third-order valence-electron chi connectivity index (χ3n) is 3.30. The number of hydrogen-bond acceptors (Lipinski definition) is 3. The second-order valence-electron chi connectivity index (χ2n) is 5.00. The van der Waals surface area contributed by atoms with Crippen molar-refractivity contribution >= 4 is 46.7 Å². The number of carbonyl (C=O) groups is 2. The SMILES string of the molecule is O=C(/C=C/c1c(Cl)nc2ccccn12)NNC(=O)c1cccc(Cl)c1. The highest BCUT2D eigenvalue weighted by molar-refractivity contribution is 6.31. The maximum absolute atomic E-state index is 11.9. The lowest BCUT2D eigenvalue weighted by Gasteiger charge is -2.05. The van der Waals surface area contributed by atoms with Gasteiger partial charge in [0.2, 0.25) is 0 Å². The minimum Gasteiger partial charge on any atom is -0.299 e. The maximum atomic E-state index is 11.9. The first-order valence-corrected chi connectivity index (χ1v) is 7.97. The van der Waals surface area contributed by atoms with Crippen molar-refractivity contribution in [1.29, 1.82) is 0 Å². The van der Waals surface area contributed by atoms with Gasteiger partial charge in [0, 0.05) is 22.9 Å². The van der Waals surface area contributed by atoms with Crippen molar-refractivity contribution in [3.63, 3.8) is 0 Å². The predicted molar refractivity (Wildman–Crippen MR) is 96.3 cm³/mol. The van der Waals surface area contributed by atoms with Gasteiger partial charge in [0.1, 0.15) is 5.65 Å². The first kappa shape index (κ1) is 17.0. The molecule has 2 heterocycles. The molecule has 1 aromatic carbocycles. The Hall–Kier alpha value is -2.83. The average Bonchev–Trinajstić information content (AvgIpc) is 2.93. The Bertz CT molecular complexity index is 982. The van der Waals surface area contributed by atoms with Crippen LogP contribution < -0.4 is 10.9 Å². The van der Waals surface area contributed by atoms with Gasteiger partial charge in [-0.05, 0) is 36.4 Å². The van der Waals surface area contributed by atoms with Crippen LogP contribution in [0.2, 0.25) is 10.2 Å². The van der Waals surface area contributed by atoms with Crippen molar-refractivity contribution in [2.75, 3.05) is 0 Å². The minimum atomic E-state index is -0.516. The Labute approximate surface area is 153 Å². The van der Waals surface area contributed by atoms with E-state index in [-0.39, 0.29) is 5.15 Å². The molecule has 3 rings (SSSR count). The maximum Gasteiger partial charge on any atom is 0.269 e. The molecule has 0 spiro atoms. The van der Waals surface area contributed by atoms with Crippen LogP contribution in [0.15, 0.2) is 54.7 Å². The Morgan fingerprint density at radius 3 is 2.72 bits per heavy atom. The third-order valence-corrected chi connectivity index (χ3v) is 3.81. The summed E-state index contributed by atoms with van der Waals surface area (Å²) >= 11 is 11.9. The summed E-state index contributed by atoms with van der Waals surface area (Å²) in [6.45, 7) is 0. The monoisotopic (exact) mass is 374 g/mol. The fourth-order valence-corrected chi connectivity index (χ4v) is 2.58. The molecule has 0 aliphatic rings. The number of pyridine rings is 1. The Kier molecular flexibility index (Phi) is 5.02. The van der Waals surface area contributed by atoms with Gasteiger partial charge in [-0.15, -0.1) is 0 Å². The third kappa shape index (κ3) is 3.99. The van der Waals surface area contributed by atoms with E-state index in [0.717, 1.165) is 0 Å². The van der Waals surface area contributed by atoms with Crippen LogP contribution in [0.3, 0.4) is 0 Å². The number of rotatable bonds is 3. The van der Waals surface area contributed by atoms with Crippen molar-refractivity contribution in [3.05, 3.63) is 76.2 Å². The summed E-state index contributed by atoms with van der Waals surface area (Å²) in [6.07, 6.45) is 4.55. The van der Waals surface area contributed by atoms with Gasteiger partial charge in [0.15, 0.2) is 5.15 Å². The molecule has 0 atom stereocenters. The van der Waals surface area contributed by atoms with E-state index in [4.69, 9.17) is 23.2 Å². The summed E-state index contributed by atoms with van der Waals surface area (Å²) < 4.78 is 1.75. The zero-order chi connectivity index (χ0) is 17.8. The summed E-state index contributed by atoms with van der Waals surface area (Å²) in [5.41, 5.74) is 6.16. The molecule has 25 heavy (non-hydrogen) atoms. The van der Waals surface area contributed by atoms with Gasteiger partial charge < -0.3 is 0 Å². The van der Waals surface area contributed by atoms with Crippen molar-refractivity contribution in [2.24, 2.45) is 0 Å². The molecule has 0 aliphatic heterocycles. The molecule has 0 unspecified atom stereocenters. The van der Waals surface area contributed by atoms with E-state index in [9.17, 15) is 9.59 Å². The largest absolute Gasteiger partial charge is 0.299 e. The number of nitrogens with zero attached hydrogens (tertiary/aromatic N) is 2. The lowest BCUT2D eigenvalue weighted by molar-refractivity contribution is -0.117. The lowest BCUT2D eigenvalue weighted by Crippen LogP contribution is -2.40. The van der Waals surface area contributed by atoms with Crippen LogP contribution in [-0.2, 0) is 4.79 Å². The topological polar surface area (TPSA) is 75.5 Å². The smallest absolute Gasteiger partial charge is 0.269 e. The van der Waals surface area contributed by atoms with Gasteiger partial charge in [-0.25, -0.2) is 4.98 Å². The highest BCUT2D eigenvalue weighted by Crippen LogP contribution is 2.18. The highest BCUT2D eigenvalue weighted by atomic mass is 35.5. The van der Waals surface area contributed by atoms with Crippen molar-refractivity contribution in [3.8, 4) is 0 Å². The number of hydrazine groups is 1. The van der Waals surface area contributed by atoms with Gasteiger partial charge in [-0.2, -0.15) is 0 Å². The summed E-state index contributed by atoms with van der Waals surface area (Å²) in [4.78, 5) is 28.0. The molecule has 3 aromatic rings. The van der Waals surface area contributed by atoms with Gasteiger partial charge in [-0.3, -0.25) is 24.8 Å². The molecule has 0 fully saturated rings. The number of halogens is 2. The zero-order valence-electron chi connectivity index (χ0n) is 12.7. The second kappa shape index (κ2) is 7.38. The number of imidazole rings is 1. The molecular formula is C17H12Cl2N4O2. The van der Waals surface area contributed by atoms with Crippen LogP contribution in [0.5, 0.6) is 0 Å². The fraction of sp³-hybridized carbons (Fsp3) is 0.